The lowest BCUT2D eigenvalue weighted by atomic mass is 9.93. The summed E-state index contributed by atoms with van der Waals surface area (Å²) in [6.45, 7) is 0. The topological polar surface area (TPSA) is 68.3 Å². The molecular formula is C25H18N2O3. The Morgan fingerprint density at radius 1 is 0.967 bits per heavy atom. The van der Waals surface area contributed by atoms with Crippen molar-refractivity contribution in [2.75, 3.05) is 5.32 Å². The van der Waals surface area contributed by atoms with Gasteiger partial charge in [0.15, 0.2) is 0 Å². The molecule has 146 valence electrons. The number of carbonyl (C=O) groups excluding carboxylic acids is 2. The number of fused-ring (bicyclic) bond motifs is 2. The number of pyridine rings is 1. The number of anilines is 1. The molecule has 1 atom stereocenters. The third-order valence-electron chi connectivity index (χ3n) is 5.29. The molecule has 1 unspecified atom stereocenters. The van der Waals surface area contributed by atoms with Crippen molar-refractivity contribution in [3.63, 3.8) is 0 Å². The molecule has 5 rings (SSSR count). The van der Waals surface area contributed by atoms with Gasteiger partial charge in [-0.3, -0.25) is 9.78 Å². The molecule has 5 heteroatoms. The van der Waals surface area contributed by atoms with Gasteiger partial charge in [0.1, 0.15) is 6.10 Å². The monoisotopic (exact) mass is 394 g/mol. The van der Waals surface area contributed by atoms with E-state index < -0.39 is 0 Å². The zero-order valence-corrected chi connectivity index (χ0v) is 16.0. The van der Waals surface area contributed by atoms with Crippen LogP contribution in [0.1, 0.15) is 37.9 Å². The van der Waals surface area contributed by atoms with E-state index in [2.05, 4.69) is 10.3 Å². The van der Waals surface area contributed by atoms with Crippen molar-refractivity contribution in [1.82, 2.24) is 4.98 Å². The Morgan fingerprint density at radius 2 is 1.80 bits per heavy atom. The predicted octanol–water partition coefficient (Wildman–Crippen LogP) is 4.94. The van der Waals surface area contributed by atoms with E-state index >= 15 is 0 Å². The lowest BCUT2D eigenvalue weighted by Crippen LogP contribution is -2.23. The third kappa shape index (κ3) is 3.31. The highest BCUT2D eigenvalue weighted by Crippen LogP contribution is 2.31. The Hall–Kier alpha value is -3.99. The number of hydrogen-bond donors (Lipinski definition) is 1. The number of carbonyl (C=O) groups is 2. The van der Waals surface area contributed by atoms with Gasteiger partial charge >= 0.3 is 5.97 Å². The molecule has 1 N–H and O–H groups in total. The Morgan fingerprint density at radius 3 is 2.67 bits per heavy atom. The van der Waals surface area contributed by atoms with Crippen LogP contribution in [-0.4, -0.2) is 16.9 Å². The van der Waals surface area contributed by atoms with Gasteiger partial charge in [-0.05, 0) is 41.5 Å². The molecule has 0 aliphatic carbocycles. The first-order valence-electron chi connectivity index (χ1n) is 9.73. The number of cyclic esters (lactones) is 1. The van der Waals surface area contributed by atoms with E-state index in [1.54, 1.807) is 24.4 Å². The van der Waals surface area contributed by atoms with Crippen molar-refractivity contribution in [3.05, 3.63) is 107 Å². The summed E-state index contributed by atoms with van der Waals surface area (Å²) in [7, 11) is 0. The molecule has 30 heavy (non-hydrogen) atoms. The molecule has 0 radical (unpaired) electrons. The van der Waals surface area contributed by atoms with Gasteiger partial charge in [0.05, 0.1) is 16.8 Å². The molecule has 2 heterocycles. The number of amides is 1. The van der Waals surface area contributed by atoms with Gasteiger partial charge in [0, 0.05) is 23.6 Å². The number of nitrogens with one attached hydrogen (secondary N) is 1. The van der Waals surface area contributed by atoms with E-state index in [1.807, 2.05) is 60.7 Å². The van der Waals surface area contributed by atoms with Gasteiger partial charge in [0.2, 0.25) is 0 Å². The van der Waals surface area contributed by atoms with Gasteiger partial charge in [-0.1, -0.05) is 48.5 Å². The van der Waals surface area contributed by atoms with Crippen LogP contribution in [0.15, 0.2) is 85.1 Å². The van der Waals surface area contributed by atoms with Crippen LogP contribution in [0.2, 0.25) is 0 Å². The van der Waals surface area contributed by atoms with E-state index in [-0.39, 0.29) is 18.0 Å². The van der Waals surface area contributed by atoms with Crippen molar-refractivity contribution in [1.29, 1.82) is 0 Å². The highest BCUT2D eigenvalue weighted by molar-refractivity contribution is 6.08. The largest absolute Gasteiger partial charge is 0.454 e. The van der Waals surface area contributed by atoms with Gasteiger partial charge in [-0.2, -0.15) is 0 Å². The van der Waals surface area contributed by atoms with Crippen molar-refractivity contribution in [2.45, 2.75) is 12.5 Å². The van der Waals surface area contributed by atoms with Crippen molar-refractivity contribution < 1.29 is 14.3 Å². The minimum absolute atomic E-state index is 0.244. The quantitative estimate of drug-likeness (QED) is 0.500. The molecule has 0 saturated heterocycles. The summed E-state index contributed by atoms with van der Waals surface area (Å²) in [5, 5.41) is 3.90. The number of ether oxygens (including phenoxy) is 1. The molecule has 0 saturated carbocycles. The Bertz CT molecular complexity index is 1260. The van der Waals surface area contributed by atoms with Crippen LogP contribution in [0.4, 0.5) is 5.69 Å². The normalized spacial score (nSPS) is 15.3. The molecule has 0 bridgehead atoms. The first-order valence-corrected chi connectivity index (χ1v) is 9.73. The second kappa shape index (κ2) is 7.44. The molecule has 1 aliphatic heterocycles. The number of hydrogen-bond acceptors (Lipinski definition) is 4. The van der Waals surface area contributed by atoms with E-state index in [9.17, 15) is 9.59 Å². The fraction of sp³-hybridized carbons (Fsp3) is 0.0800. The first-order chi connectivity index (χ1) is 14.7. The molecule has 1 aromatic heterocycles. The molecule has 3 aromatic carbocycles. The van der Waals surface area contributed by atoms with E-state index in [4.69, 9.17) is 4.74 Å². The van der Waals surface area contributed by atoms with Crippen LogP contribution in [0, 0.1) is 0 Å². The summed E-state index contributed by atoms with van der Waals surface area (Å²) in [4.78, 5) is 29.8. The SMILES string of the molecule is O=C(Nc1cccc2cccnc12)c1ccc2c(c1)CC(c1ccccc1)OC2=O. The molecular weight excluding hydrogens is 376 g/mol. The standard InChI is InChI=1S/C25H18N2O3/c28-24(27-21-10-4-8-17-9-5-13-26-23(17)21)18-11-12-20-19(14-18)15-22(30-25(20)29)16-6-2-1-3-7-16/h1-14,22H,15H2,(H,27,28). The maximum atomic E-state index is 12.9. The van der Waals surface area contributed by atoms with Crippen molar-refractivity contribution in [3.8, 4) is 0 Å². The van der Waals surface area contributed by atoms with Gasteiger partial charge < -0.3 is 10.1 Å². The Kier molecular flexibility index (Phi) is 4.48. The molecule has 1 aliphatic rings. The van der Waals surface area contributed by atoms with Gasteiger partial charge in [-0.25, -0.2) is 4.79 Å². The molecule has 0 fully saturated rings. The number of esters is 1. The lowest BCUT2D eigenvalue weighted by Gasteiger charge is -2.25. The van der Waals surface area contributed by atoms with Crippen LogP contribution in [-0.2, 0) is 11.2 Å². The van der Waals surface area contributed by atoms with E-state index in [0.717, 1.165) is 22.0 Å². The summed E-state index contributed by atoms with van der Waals surface area (Å²) >= 11 is 0. The highest BCUT2D eigenvalue weighted by Gasteiger charge is 2.28. The summed E-state index contributed by atoms with van der Waals surface area (Å²) < 4.78 is 5.60. The second-order valence-corrected chi connectivity index (χ2v) is 7.22. The number of nitrogens with zero attached hydrogens (tertiary/aromatic N) is 1. The fourth-order valence-electron chi connectivity index (χ4n) is 3.79. The van der Waals surface area contributed by atoms with Crippen LogP contribution in [0.25, 0.3) is 10.9 Å². The Balaban J connectivity index is 1.44. The molecule has 4 aromatic rings. The maximum Gasteiger partial charge on any atom is 0.339 e. The maximum absolute atomic E-state index is 12.9. The summed E-state index contributed by atoms with van der Waals surface area (Å²) in [5.74, 6) is -0.610. The van der Waals surface area contributed by atoms with E-state index in [1.165, 1.54) is 0 Å². The average molecular weight is 394 g/mol. The number of rotatable bonds is 3. The summed E-state index contributed by atoms with van der Waals surface area (Å²) in [6, 6.07) is 24.2. The molecule has 5 nitrogen and oxygen atoms in total. The third-order valence-corrected chi connectivity index (χ3v) is 5.29. The minimum atomic E-state index is -0.365. The van der Waals surface area contributed by atoms with Gasteiger partial charge in [-0.15, -0.1) is 0 Å². The Labute approximate surface area is 173 Å². The van der Waals surface area contributed by atoms with Gasteiger partial charge in [0.25, 0.3) is 5.91 Å². The van der Waals surface area contributed by atoms with Crippen LogP contribution in [0.5, 0.6) is 0 Å². The number of para-hydroxylation sites is 1. The summed E-state index contributed by atoms with van der Waals surface area (Å²) in [5.41, 5.74) is 4.13. The smallest absolute Gasteiger partial charge is 0.339 e. The van der Waals surface area contributed by atoms with E-state index in [0.29, 0.717) is 23.2 Å². The van der Waals surface area contributed by atoms with Crippen molar-refractivity contribution >= 4 is 28.5 Å². The zero-order chi connectivity index (χ0) is 20.5. The summed E-state index contributed by atoms with van der Waals surface area (Å²) in [6.07, 6.45) is 1.88. The average Bonchev–Trinajstić information content (AvgIpc) is 2.79. The zero-order valence-electron chi connectivity index (χ0n) is 16.0. The lowest BCUT2D eigenvalue weighted by molar-refractivity contribution is 0.0252. The number of benzene rings is 3. The number of aromatic nitrogens is 1. The molecule has 0 spiro atoms. The fourth-order valence-corrected chi connectivity index (χ4v) is 3.79. The van der Waals surface area contributed by atoms with Crippen LogP contribution >= 0.6 is 0 Å². The first kappa shape index (κ1) is 18.1. The van der Waals surface area contributed by atoms with Crippen LogP contribution < -0.4 is 5.32 Å². The second-order valence-electron chi connectivity index (χ2n) is 7.22. The minimum Gasteiger partial charge on any atom is -0.454 e. The predicted molar refractivity (Wildman–Crippen MR) is 114 cm³/mol. The van der Waals surface area contributed by atoms with Crippen molar-refractivity contribution in [2.24, 2.45) is 0 Å². The highest BCUT2D eigenvalue weighted by atomic mass is 16.5. The molecule has 1 amide bonds. The van der Waals surface area contributed by atoms with Crippen LogP contribution in [0.3, 0.4) is 0 Å².